The molecule has 1 aromatic heterocycles. The first-order valence-corrected chi connectivity index (χ1v) is 9.72. The second-order valence-corrected chi connectivity index (χ2v) is 8.04. The number of sulfone groups is 1. The molecule has 1 heterocycles. The van der Waals surface area contributed by atoms with Gasteiger partial charge in [-0.05, 0) is 31.5 Å². The Labute approximate surface area is 152 Å². The lowest BCUT2D eigenvalue weighted by atomic mass is 10.2. The summed E-state index contributed by atoms with van der Waals surface area (Å²) >= 11 is 0. The molecule has 0 bridgehead atoms. The Morgan fingerprint density at radius 2 is 1.85 bits per heavy atom. The quantitative estimate of drug-likeness (QED) is 0.793. The van der Waals surface area contributed by atoms with Crippen LogP contribution in [0.4, 0.5) is 0 Å². The highest BCUT2D eigenvalue weighted by Crippen LogP contribution is 2.21. The van der Waals surface area contributed by atoms with Gasteiger partial charge >= 0.3 is 5.97 Å². The fourth-order valence-electron chi connectivity index (χ4n) is 2.64. The Morgan fingerprint density at radius 3 is 2.42 bits per heavy atom. The van der Waals surface area contributed by atoms with Crippen molar-refractivity contribution in [2.75, 3.05) is 12.8 Å². The summed E-state index contributed by atoms with van der Waals surface area (Å²) < 4.78 is 30.2. The topological polar surface area (TPSA) is 105 Å². The van der Waals surface area contributed by atoms with Crippen molar-refractivity contribution in [1.82, 2.24) is 4.90 Å². The van der Waals surface area contributed by atoms with Crippen molar-refractivity contribution in [3.8, 4) is 0 Å². The van der Waals surface area contributed by atoms with E-state index in [-0.39, 0.29) is 34.1 Å². The SMILES string of the molecule is CCCS(=O)(=O)c1ccccc1C(=O)N(C)Cc1cc(C(=O)O)c(C)o1. The van der Waals surface area contributed by atoms with Crippen LogP contribution in [-0.4, -0.2) is 43.1 Å². The molecule has 0 saturated heterocycles. The largest absolute Gasteiger partial charge is 0.478 e. The number of benzene rings is 1. The highest BCUT2D eigenvalue weighted by Gasteiger charge is 2.24. The number of aryl methyl sites for hydroxylation is 1. The van der Waals surface area contributed by atoms with Gasteiger partial charge in [-0.25, -0.2) is 13.2 Å². The maximum Gasteiger partial charge on any atom is 0.339 e. The third kappa shape index (κ3) is 4.13. The van der Waals surface area contributed by atoms with Gasteiger partial charge in [-0.2, -0.15) is 0 Å². The lowest BCUT2D eigenvalue weighted by Crippen LogP contribution is -2.27. The summed E-state index contributed by atoms with van der Waals surface area (Å²) in [5, 5.41) is 9.07. The van der Waals surface area contributed by atoms with Crippen LogP contribution in [0.25, 0.3) is 0 Å². The van der Waals surface area contributed by atoms with E-state index in [1.807, 2.05) is 0 Å². The summed E-state index contributed by atoms with van der Waals surface area (Å²) in [4.78, 5) is 25.1. The number of hydrogen-bond donors (Lipinski definition) is 1. The molecule has 0 radical (unpaired) electrons. The monoisotopic (exact) mass is 379 g/mol. The number of amides is 1. The van der Waals surface area contributed by atoms with Crippen molar-refractivity contribution in [2.45, 2.75) is 31.7 Å². The molecule has 1 aromatic carbocycles. The van der Waals surface area contributed by atoms with Gasteiger partial charge < -0.3 is 14.4 Å². The van der Waals surface area contributed by atoms with Gasteiger partial charge in [0.1, 0.15) is 17.1 Å². The van der Waals surface area contributed by atoms with Crippen LogP contribution in [0, 0.1) is 6.92 Å². The number of carbonyl (C=O) groups is 2. The number of rotatable bonds is 7. The van der Waals surface area contributed by atoms with Gasteiger partial charge in [0.05, 0.1) is 22.8 Å². The number of hydrogen-bond acceptors (Lipinski definition) is 5. The van der Waals surface area contributed by atoms with Crippen LogP contribution < -0.4 is 0 Å². The third-order valence-electron chi connectivity index (χ3n) is 3.86. The minimum Gasteiger partial charge on any atom is -0.478 e. The summed E-state index contributed by atoms with van der Waals surface area (Å²) in [6.45, 7) is 3.31. The molecule has 0 aliphatic rings. The standard InChI is InChI=1S/C18H21NO6S/c1-4-9-26(23,24)16-8-6-5-7-14(16)17(20)19(3)11-13-10-15(18(21)22)12(2)25-13/h5-8,10H,4,9,11H2,1-3H3,(H,21,22). The molecule has 0 unspecified atom stereocenters. The van der Waals surface area contributed by atoms with E-state index in [1.165, 1.54) is 37.1 Å². The van der Waals surface area contributed by atoms with Crippen molar-refractivity contribution in [1.29, 1.82) is 0 Å². The number of carboxylic acids is 1. The van der Waals surface area contributed by atoms with Crippen LogP contribution in [0.5, 0.6) is 0 Å². The second-order valence-electron chi connectivity index (χ2n) is 5.96. The third-order valence-corrected chi connectivity index (χ3v) is 5.84. The van der Waals surface area contributed by atoms with Gasteiger partial charge in [-0.15, -0.1) is 0 Å². The first-order valence-electron chi connectivity index (χ1n) is 8.07. The Balaban J connectivity index is 2.29. The predicted molar refractivity (Wildman–Crippen MR) is 95.0 cm³/mol. The van der Waals surface area contributed by atoms with Crippen molar-refractivity contribution in [3.63, 3.8) is 0 Å². The van der Waals surface area contributed by atoms with Crippen LogP contribution in [0.15, 0.2) is 39.6 Å². The number of furan rings is 1. The Morgan fingerprint density at radius 1 is 1.19 bits per heavy atom. The summed E-state index contributed by atoms with van der Waals surface area (Å²) in [7, 11) is -2.05. The predicted octanol–water partition coefficient (Wildman–Crippen LogP) is 2.74. The first kappa shape index (κ1) is 19.7. The molecule has 1 N–H and O–H groups in total. The number of carbonyl (C=O) groups excluding carboxylic acids is 1. The zero-order valence-corrected chi connectivity index (χ0v) is 15.7. The maximum absolute atomic E-state index is 12.7. The molecule has 2 aromatic rings. The van der Waals surface area contributed by atoms with Crippen molar-refractivity contribution in [3.05, 3.63) is 53.0 Å². The van der Waals surface area contributed by atoms with Crippen LogP contribution >= 0.6 is 0 Å². The van der Waals surface area contributed by atoms with E-state index in [9.17, 15) is 18.0 Å². The smallest absolute Gasteiger partial charge is 0.339 e. The minimum absolute atomic E-state index is 0.000510. The average molecular weight is 379 g/mol. The number of nitrogens with zero attached hydrogens (tertiary/aromatic N) is 1. The van der Waals surface area contributed by atoms with E-state index in [1.54, 1.807) is 19.1 Å². The Hall–Kier alpha value is -2.61. The molecule has 26 heavy (non-hydrogen) atoms. The number of aromatic carboxylic acids is 1. The first-order chi connectivity index (χ1) is 12.2. The second kappa shape index (κ2) is 7.74. The van der Waals surface area contributed by atoms with Gasteiger partial charge in [0.2, 0.25) is 0 Å². The van der Waals surface area contributed by atoms with Gasteiger partial charge in [0.15, 0.2) is 9.84 Å². The van der Waals surface area contributed by atoms with Crippen LogP contribution in [0.3, 0.4) is 0 Å². The van der Waals surface area contributed by atoms with Crippen LogP contribution in [0.2, 0.25) is 0 Å². The van der Waals surface area contributed by atoms with E-state index < -0.39 is 21.7 Å². The molecular weight excluding hydrogens is 358 g/mol. The van der Waals surface area contributed by atoms with Gasteiger partial charge in [-0.3, -0.25) is 4.79 Å². The fraction of sp³-hybridized carbons (Fsp3) is 0.333. The Bertz CT molecular complexity index is 929. The molecule has 0 saturated carbocycles. The van der Waals surface area contributed by atoms with Crippen LogP contribution in [-0.2, 0) is 16.4 Å². The highest BCUT2D eigenvalue weighted by molar-refractivity contribution is 7.91. The van der Waals surface area contributed by atoms with E-state index in [4.69, 9.17) is 9.52 Å². The lowest BCUT2D eigenvalue weighted by molar-refractivity contribution is 0.0694. The normalized spacial score (nSPS) is 11.3. The molecule has 0 aliphatic heterocycles. The summed E-state index contributed by atoms with van der Waals surface area (Å²) in [5.41, 5.74) is 0.122. The van der Waals surface area contributed by atoms with Gasteiger partial charge in [-0.1, -0.05) is 19.1 Å². The van der Waals surface area contributed by atoms with E-state index in [0.717, 1.165) is 0 Å². The van der Waals surface area contributed by atoms with Crippen molar-refractivity contribution < 1.29 is 27.5 Å². The van der Waals surface area contributed by atoms with Crippen LogP contribution in [0.1, 0.15) is 45.6 Å². The zero-order chi connectivity index (χ0) is 19.5. The summed E-state index contributed by atoms with van der Waals surface area (Å²) in [5.74, 6) is -1.07. The van der Waals surface area contributed by atoms with Crippen molar-refractivity contribution in [2.24, 2.45) is 0 Å². The molecule has 8 heteroatoms. The van der Waals surface area contributed by atoms with Gasteiger partial charge in [0, 0.05) is 7.05 Å². The van der Waals surface area contributed by atoms with E-state index >= 15 is 0 Å². The molecule has 0 spiro atoms. The fourth-order valence-corrected chi connectivity index (χ4v) is 4.17. The lowest BCUT2D eigenvalue weighted by Gasteiger charge is -2.18. The van der Waals surface area contributed by atoms with E-state index in [2.05, 4.69) is 0 Å². The number of carboxylic acid groups (broad SMARTS) is 1. The Kier molecular flexibility index (Phi) is 5.86. The molecular formula is C18H21NO6S. The molecule has 0 aliphatic carbocycles. The van der Waals surface area contributed by atoms with E-state index in [0.29, 0.717) is 12.2 Å². The maximum atomic E-state index is 12.7. The van der Waals surface area contributed by atoms with Gasteiger partial charge in [0.25, 0.3) is 5.91 Å². The average Bonchev–Trinajstić information content (AvgIpc) is 2.94. The highest BCUT2D eigenvalue weighted by atomic mass is 32.2. The molecule has 0 atom stereocenters. The molecule has 7 nitrogen and oxygen atoms in total. The molecule has 140 valence electrons. The molecule has 0 fully saturated rings. The molecule has 2 rings (SSSR count). The van der Waals surface area contributed by atoms with Crippen molar-refractivity contribution >= 4 is 21.7 Å². The zero-order valence-electron chi connectivity index (χ0n) is 14.9. The molecule has 1 amide bonds. The summed E-state index contributed by atoms with van der Waals surface area (Å²) in [6, 6.07) is 7.43. The summed E-state index contributed by atoms with van der Waals surface area (Å²) in [6.07, 6.45) is 0.449. The minimum atomic E-state index is -3.55.